The normalized spacial score (nSPS) is 24.3. The van der Waals surface area contributed by atoms with E-state index in [2.05, 4.69) is 10.9 Å². The molecule has 1 atom stereocenters. The molecule has 1 unspecified atom stereocenters. The first kappa shape index (κ1) is 15.2. The Morgan fingerprint density at radius 1 is 1.18 bits per heavy atom. The second-order valence-electron chi connectivity index (χ2n) is 6.69. The zero-order valence-electron chi connectivity index (χ0n) is 13.4. The van der Waals surface area contributed by atoms with E-state index in [4.69, 9.17) is 9.47 Å². The molecule has 0 spiro atoms. The molecule has 0 aromatic heterocycles. The fourth-order valence-corrected chi connectivity index (χ4v) is 3.26. The lowest BCUT2D eigenvalue weighted by atomic mass is 9.81. The Labute approximate surface area is 131 Å². The number of rotatable bonds is 4. The van der Waals surface area contributed by atoms with Gasteiger partial charge in [-0.2, -0.15) is 0 Å². The van der Waals surface area contributed by atoms with Crippen molar-refractivity contribution in [2.75, 3.05) is 7.11 Å². The van der Waals surface area contributed by atoms with E-state index in [0.717, 1.165) is 29.9 Å². The van der Waals surface area contributed by atoms with E-state index < -0.39 is 5.41 Å². The quantitative estimate of drug-likeness (QED) is 0.898. The molecule has 1 aromatic rings. The van der Waals surface area contributed by atoms with E-state index in [1.54, 1.807) is 7.11 Å². The summed E-state index contributed by atoms with van der Waals surface area (Å²) in [5.74, 6) is 1.51. The van der Waals surface area contributed by atoms with Crippen LogP contribution in [0.2, 0.25) is 0 Å². The van der Waals surface area contributed by atoms with E-state index in [-0.39, 0.29) is 18.1 Å². The van der Waals surface area contributed by atoms with Crippen molar-refractivity contribution >= 4 is 5.91 Å². The molecular formula is C17H24N2O3. The topological polar surface area (TPSA) is 59.6 Å². The fraction of sp³-hybridized carbons (Fsp3) is 0.588. The van der Waals surface area contributed by atoms with Gasteiger partial charge < -0.3 is 9.47 Å². The monoisotopic (exact) mass is 304 g/mol. The van der Waals surface area contributed by atoms with Crippen molar-refractivity contribution in [2.45, 2.75) is 51.7 Å². The van der Waals surface area contributed by atoms with Gasteiger partial charge in [0.2, 0.25) is 5.91 Å². The van der Waals surface area contributed by atoms with Gasteiger partial charge in [-0.15, -0.1) is 0 Å². The van der Waals surface area contributed by atoms with Crippen LogP contribution in [0.15, 0.2) is 18.2 Å². The third-order valence-electron chi connectivity index (χ3n) is 4.75. The molecule has 2 fully saturated rings. The van der Waals surface area contributed by atoms with Crippen LogP contribution in [-0.2, 0) is 4.79 Å². The van der Waals surface area contributed by atoms with Crippen molar-refractivity contribution in [3.63, 3.8) is 0 Å². The van der Waals surface area contributed by atoms with Gasteiger partial charge in [0.1, 0.15) is 0 Å². The third-order valence-corrected chi connectivity index (χ3v) is 4.75. The lowest BCUT2D eigenvalue weighted by molar-refractivity contribution is -0.126. The van der Waals surface area contributed by atoms with Crippen LogP contribution in [0.5, 0.6) is 11.5 Å². The van der Waals surface area contributed by atoms with Gasteiger partial charge in [0.25, 0.3) is 0 Å². The summed E-state index contributed by atoms with van der Waals surface area (Å²) in [4.78, 5) is 11.9. The number of hydrogen-bond donors (Lipinski definition) is 2. The molecule has 120 valence electrons. The van der Waals surface area contributed by atoms with Gasteiger partial charge in [-0.25, -0.2) is 5.43 Å². The number of hydrogen-bond acceptors (Lipinski definition) is 4. The molecule has 5 heteroatoms. The van der Waals surface area contributed by atoms with Crippen LogP contribution in [0.3, 0.4) is 0 Å². The van der Waals surface area contributed by atoms with Gasteiger partial charge in [0.05, 0.1) is 24.7 Å². The summed E-state index contributed by atoms with van der Waals surface area (Å²) in [6.45, 7) is 3.88. The number of nitrogens with one attached hydrogen (secondary N) is 2. The first-order chi connectivity index (χ1) is 10.5. The van der Waals surface area contributed by atoms with Gasteiger partial charge in [-0.05, 0) is 57.2 Å². The summed E-state index contributed by atoms with van der Waals surface area (Å²) in [5, 5.41) is 0. The smallest absolute Gasteiger partial charge is 0.241 e. The summed E-state index contributed by atoms with van der Waals surface area (Å²) in [5.41, 5.74) is 6.32. The highest BCUT2D eigenvalue weighted by Gasteiger charge is 2.43. The maximum atomic E-state index is 11.9. The summed E-state index contributed by atoms with van der Waals surface area (Å²) >= 11 is 0. The van der Waals surface area contributed by atoms with E-state index in [0.29, 0.717) is 0 Å². The molecule has 1 aromatic carbocycles. The highest BCUT2D eigenvalue weighted by Crippen LogP contribution is 2.40. The molecule has 3 rings (SSSR count). The molecule has 22 heavy (non-hydrogen) atoms. The van der Waals surface area contributed by atoms with Crippen molar-refractivity contribution < 1.29 is 14.3 Å². The van der Waals surface area contributed by atoms with Crippen LogP contribution in [-0.4, -0.2) is 19.1 Å². The molecule has 2 aliphatic rings. The maximum Gasteiger partial charge on any atom is 0.241 e. The minimum Gasteiger partial charge on any atom is -0.493 e. The first-order valence-corrected chi connectivity index (χ1v) is 7.93. The summed E-state index contributed by atoms with van der Waals surface area (Å²) in [7, 11) is 1.65. The number of carbonyl (C=O) groups excluding carboxylic acids is 1. The number of ether oxygens (including phenoxy) is 2. The maximum absolute atomic E-state index is 11.9. The van der Waals surface area contributed by atoms with Crippen molar-refractivity contribution in [3.8, 4) is 11.5 Å². The molecule has 1 aliphatic carbocycles. The molecule has 1 heterocycles. The van der Waals surface area contributed by atoms with Crippen LogP contribution < -0.4 is 20.3 Å². The molecule has 5 nitrogen and oxygen atoms in total. The number of benzene rings is 1. The Balaban J connectivity index is 1.88. The van der Waals surface area contributed by atoms with Gasteiger partial charge in [0, 0.05) is 0 Å². The summed E-state index contributed by atoms with van der Waals surface area (Å²) in [6, 6.07) is 5.81. The number of amides is 1. The zero-order valence-corrected chi connectivity index (χ0v) is 13.4. The number of carbonyl (C=O) groups is 1. The van der Waals surface area contributed by atoms with Crippen LogP contribution in [0.1, 0.15) is 51.1 Å². The van der Waals surface area contributed by atoms with Crippen LogP contribution >= 0.6 is 0 Å². The van der Waals surface area contributed by atoms with Crippen LogP contribution in [0, 0.1) is 5.41 Å². The molecule has 1 saturated heterocycles. The second-order valence-corrected chi connectivity index (χ2v) is 6.69. The Morgan fingerprint density at radius 2 is 1.91 bits per heavy atom. The molecule has 1 saturated carbocycles. The van der Waals surface area contributed by atoms with Crippen molar-refractivity contribution in [1.29, 1.82) is 0 Å². The van der Waals surface area contributed by atoms with E-state index in [1.165, 1.54) is 12.8 Å². The van der Waals surface area contributed by atoms with Crippen molar-refractivity contribution in [1.82, 2.24) is 10.9 Å². The molecular weight excluding hydrogens is 280 g/mol. The van der Waals surface area contributed by atoms with Crippen molar-refractivity contribution in [3.05, 3.63) is 23.8 Å². The molecule has 1 amide bonds. The number of hydrazine groups is 1. The molecule has 2 N–H and O–H groups in total. The largest absolute Gasteiger partial charge is 0.493 e. The Morgan fingerprint density at radius 3 is 2.50 bits per heavy atom. The highest BCUT2D eigenvalue weighted by molar-refractivity contribution is 5.84. The molecule has 0 radical (unpaired) electrons. The SMILES string of the molecule is COc1ccc(C2NNC(=O)C2(C)C)cc1OC1CCCC1. The summed E-state index contributed by atoms with van der Waals surface area (Å²) < 4.78 is 11.6. The second kappa shape index (κ2) is 5.80. The Kier molecular flexibility index (Phi) is 4.00. The van der Waals surface area contributed by atoms with E-state index in [9.17, 15) is 4.79 Å². The fourth-order valence-electron chi connectivity index (χ4n) is 3.26. The Bertz CT molecular complexity index is 565. The van der Waals surface area contributed by atoms with E-state index >= 15 is 0 Å². The first-order valence-electron chi connectivity index (χ1n) is 7.93. The molecule has 0 bridgehead atoms. The van der Waals surface area contributed by atoms with Gasteiger partial charge in [-0.1, -0.05) is 6.07 Å². The van der Waals surface area contributed by atoms with E-state index in [1.807, 2.05) is 32.0 Å². The lowest BCUT2D eigenvalue weighted by Crippen LogP contribution is -2.28. The lowest BCUT2D eigenvalue weighted by Gasteiger charge is -2.24. The average molecular weight is 304 g/mol. The minimum absolute atomic E-state index is 0.00609. The standard InChI is InChI=1S/C17H24N2O3/c1-17(2)15(18-19-16(17)20)11-8-9-13(21-3)14(10-11)22-12-6-4-5-7-12/h8-10,12,15,18H,4-7H2,1-3H3,(H,19,20). The van der Waals surface area contributed by atoms with Gasteiger partial charge in [0.15, 0.2) is 11.5 Å². The average Bonchev–Trinajstić information content (AvgIpc) is 3.08. The van der Waals surface area contributed by atoms with Gasteiger partial charge in [-0.3, -0.25) is 10.2 Å². The van der Waals surface area contributed by atoms with Crippen molar-refractivity contribution in [2.24, 2.45) is 5.41 Å². The predicted molar refractivity (Wildman–Crippen MR) is 83.7 cm³/mol. The summed E-state index contributed by atoms with van der Waals surface area (Å²) in [6.07, 6.45) is 4.92. The minimum atomic E-state index is -0.501. The number of methoxy groups -OCH3 is 1. The van der Waals surface area contributed by atoms with Gasteiger partial charge >= 0.3 is 0 Å². The van der Waals surface area contributed by atoms with Crippen LogP contribution in [0.25, 0.3) is 0 Å². The molecule has 1 aliphatic heterocycles. The zero-order chi connectivity index (χ0) is 15.7. The predicted octanol–water partition coefficient (Wildman–Crippen LogP) is 2.72. The third kappa shape index (κ3) is 2.65. The van der Waals surface area contributed by atoms with Crippen LogP contribution in [0.4, 0.5) is 0 Å². The highest BCUT2D eigenvalue weighted by atomic mass is 16.5. The Hall–Kier alpha value is -1.75.